The highest BCUT2D eigenvalue weighted by atomic mass is 35.5. The summed E-state index contributed by atoms with van der Waals surface area (Å²) in [4.78, 5) is 30.6. The van der Waals surface area contributed by atoms with E-state index in [-0.39, 0.29) is 23.3 Å². The molecule has 32 heavy (non-hydrogen) atoms. The number of carbonyl (C=O) groups excluding carboxylic acids is 1. The van der Waals surface area contributed by atoms with Crippen molar-refractivity contribution in [2.45, 2.75) is 18.1 Å². The Bertz CT molecular complexity index is 1340. The fourth-order valence-electron chi connectivity index (χ4n) is 3.32. The second-order valence-electron chi connectivity index (χ2n) is 7.14. The maximum Gasteiger partial charge on any atom is 0.266 e. The molecule has 0 bridgehead atoms. The molecule has 0 aliphatic rings. The van der Waals surface area contributed by atoms with Crippen LogP contribution < -0.4 is 10.9 Å². The molecule has 4 aromatic rings. The summed E-state index contributed by atoms with van der Waals surface area (Å²) in [5, 5.41) is 4.60. The quantitative estimate of drug-likeness (QED) is 0.283. The van der Waals surface area contributed by atoms with E-state index in [0.717, 1.165) is 5.56 Å². The molecule has 1 amide bonds. The van der Waals surface area contributed by atoms with Gasteiger partial charge in [-0.15, -0.1) is 0 Å². The number of para-hydroxylation sites is 1. The highest BCUT2D eigenvalue weighted by Gasteiger charge is 2.17. The molecule has 1 atom stereocenters. The second-order valence-corrected chi connectivity index (χ2v) is 8.92. The number of hydrogen-bond donors (Lipinski definition) is 1. The van der Waals surface area contributed by atoms with E-state index in [0.29, 0.717) is 31.8 Å². The van der Waals surface area contributed by atoms with Crippen LogP contribution >= 0.6 is 35.0 Å². The van der Waals surface area contributed by atoms with Gasteiger partial charge < -0.3 is 5.32 Å². The Balaban J connectivity index is 1.65. The van der Waals surface area contributed by atoms with Crippen molar-refractivity contribution in [2.75, 3.05) is 5.75 Å². The fraction of sp³-hybridized carbons (Fsp3) is 0.125. The van der Waals surface area contributed by atoms with E-state index < -0.39 is 0 Å². The third-order valence-electron chi connectivity index (χ3n) is 4.90. The number of nitrogens with one attached hydrogen (secondary N) is 1. The van der Waals surface area contributed by atoms with Gasteiger partial charge >= 0.3 is 0 Å². The van der Waals surface area contributed by atoms with Gasteiger partial charge in [-0.2, -0.15) is 0 Å². The van der Waals surface area contributed by atoms with Gasteiger partial charge in [-0.05, 0) is 42.8 Å². The van der Waals surface area contributed by atoms with Gasteiger partial charge in [0.2, 0.25) is 5.91 Å². The van der Waals surface area contributed by atoms with E-state index in [2.05, 4.69) is 10.3 Å². The van der Waals surface area contributed by atoms with Crippen molar-refractivity contribution in [2.24, 2.45) is 0 Å². The predicted octanol–water partition coefficient (Wildman–Crippen LogP) is 5.66. The lowest BCUT2D eigenvalue weighted by molar-refractivity contribution is -0.119. The van der Waals surface area contributed by atoms with Crippen molar-refractivity contribution in [1.82, 2.24) is 14.9 Å². The van der Waals surface area contributed by atoms with Crippen LogP contribution in [0, 0.1) is 0 Å². The molecule has 5 nitrogen and oxygen atoms in total. The lowest BCUT2D eigenvalue weighted by Crippen LogP contribution is -2.29. The first-order chi connectivity index (χ1) is 15.4. The number of benzene rings is 3. The number of fused-ring (bicyclic) bond motifs is 1. The summed E-state index contributed by atoms with van der Waals surface area (Å²) in [6, 6.07) is 21.6. The van der Waals surface area contributed by atoms with Crippen LogP contribution in [0.1, 0.15) is 18.5 Å². The molecule has 0 spiro atoms. The van der Waals surface area contributed by atoms with Crippen LogP contribution in [-0.2, 0) is 4.79 Å². The Morgan fingerprint density at radius 3 is 2.53 bits per heavy atom. The van der Waals surface area contributed by atoms with Gasteiger partial charge in [0.1, 0.15) is 0 Å². The summed E-state index contributed by atoms with van der Waals surface area (Å²) in [5.41, 5.74) is 1.76. The van der Waals surface area contributed by atoms with E-state index in [1.807, 2.05) is 43.3 Å². The number of hydrogen-bond acceptors (Lipinski definition) is 4. The van der Waals surface area contributed by atoms with Crippen LogP contribution in [0.25, 0.3) is 16.6 Å². The topological polar surface area (TPSA) is 64.0 Å². The molecular formula is C24H19Cl2N3O2S. The van der Waals surface area contributed by atoms with Gasteiger partial charge in [-0.3, -0.25) is 14.2 Å². The minimum atomic E-state index is -0.264. The third-order valence-corrected chi connectivity index (χ3v) is 6.38. The third kappa shape index (κ3) is 4.83. The standard InChI is InChI=1S/C24H19Cl2N3O2S/c1-15(16-7-3-2-4-8-16)27-22(30)14-32-24-28-20-10-6-5-9-18(20)23(31)29(24)21-12-11-17(25)13-19(21)26/h2-13,15H,14H2,1H3,(H,27,30). The molecule has 0 aliphatic heterocycles. The van der Waals surface area contributed by atoms with E-state index in [4.69, 9.17) is 23.2 Å². The van der Waals surface area contributed by atoms with Crippen LogP contribution in [0.5, 0.6) is 0 Å². The van der Waals surface area contributed by atoms with Crippen molar-refractivity contribution in [3.8, 4) is 5.69 Å². The normalized spacial score (nSPS) is 12.0. The Morgan fingerprint density at radius 2 is 1.78 bits per heavy atom. The fourth-order valence-corrected chi connectivity index (χ4v) is 4.63. The second kappa shape index (κ2) is 9.77. The van der Waals surface area contributed by atoms with Gasteiger partial charge in [-0.25, -0.2) is 4.98 Å². The molecule has 162 valence electrons. The maximum atomic E-state index is 13.3. The van der Waals surface area contributed by atoms with Crippen molar-refractivity contribution >= 4 is 51.8 Å². The van der Waals surface area contributed by atoms with Gasteiger partial charge in [0, 0.05) is 5.02 Å². The van der Waals surface area contributed by atoms with Gasteiger partial charge in [-0.1, -0.05) is 77.4 Å². The first kappa shape index (κ1) is 22.4. The molecule has 0 radical (unpaired) electrons. The molecule has 1 unspecified atom stereocenters. The van der Waals surface area contributed by atoms with Crippen LogP contribution in [0.4, 0.5) is 0 Å². The molecule has 0 saturated carbocycles. The number of aromatic nitrogens is 2. The molecule has 0 aliphatic carbocycles. The molecule has 3 aromatic carbocycles. The van der Waals surface area contributed by atoms with Crippen LogP contribution in [0.2, 0.25) is 10.0 Å². The summed E-state index contributed by atoms with van der Waals surface area (Å²) in [7, 11) is 0. The number of halogens is 2. The lowest BCUT2D eigenvalue weighted by atomic mass is 10.1. The smallest absolute Gasteiger partial charge is 0.266 e. The van der Waals surface area contributed by atoms with E-state index >= 15 is 0 Å². The zero-order valence-electron chi connectivity index (χ0n) is 17.1. The van der Waals surface area contributed by atoms with Gasteiger partial charge in [0.25, 0.3) is 5.56 Å². The summed E-state index contributed by atoms with van der Waals surface area (Å²) >= 11 is 13.6. The molecule has 4 rings (SSSR count). The average molecular weight is 484 g/mol. The molecular weight excluding hydrogens is 465 g/mol. The minimum absolute atomic E-state index is 0.0904. The lowest BCUT2D eigenvalue weighted by Gasteiger charge is -2.16. The van der Waals surface area contributed by atoms with Crippen LogP contribution in [0.3, 0.4) is 0 Å². The first-order valence-corrected chi connectivity index (χ1v) is 11.6. The van der Waals surface area contributed by atoms with Gasteiger partial charge in [0.05, 0.1) is 33.4 Å². The number of amides is 1. The Hall–Kier alpha value is -2.80. The maximum absolute atomic E-state index is 13.3. The van der Waals surface area contributed by atoms with Crippen LogP contribution in [-0.4, -0.2) is 21.2 Å². The summed E-state index contributed by atoms with van der Waals surface area (Å²) < 4.78 is 1.43. The van der Waals surface area contributed by atoms with Crippen LogP contribution in [0.15, 0.2) is 82.7 Å². The Labute approximate surface area is 199 Å². The molecule has 8 heteroatoms. The summed E-state index contributed by atoms with van der Waals surface area (Å²) in [6.07, 6.45) is 0. The highest BCUT2D eigenvalue weighted by Crippen LogP contribution is 2.28. The summed E-state index contributed by atoms with van der Waals surface area (Å²) in [6.45, 7) is 1.93. The summed E-state index contributed by atoms with van der Waals surface area (Å²) in [5.74, 6) is -0.0739. The molecule has 1 N–H and O–H groups in total. The minimum Gasteiger partial charge on any atom is -0.349 e. The predicted molar refractivity (Wildman–Crippen MR) is 131 cm³/mol. The zero-order valence-corrected chi connectivity index (χ0v) is 19.4. The van der Waals surface area contributed by atoms with Crippen molar-refractivity contribution in [3.63, 3.8) is 0 Å². The van der Waals surface area contributed by atoms with E-state index in [1.165, 1.54) is 16.3 Å². The van der Waals surface area contributed by atoms with E-state index in [1.54, 1.807) is 36.4 Å². The Kier molecular flexibility index (Phi) is 6.84. The molecule has 1 aromatic heterocycles. The van der Waals surface area contributed by atoms with Crippen molar-refractivity contribution in [1.29, 1.82) is 0 Å². The number of carbonyl (C=O) groups is 1. The van der Waals surface area contributed by atoms with E-state index in [9.17, 15) is 9.59 Å². The van der Waals surface area contributed by atoms with Crippen molar-refractivity contribution < 1.29 is 4.79 Å². The largest absolute Gasteiger partial charge is 0.349 e. The zero-order chi connectivity index (χ0) is 22.7. The number of thioether (sulfide) groups is 1. The number of nitrogens with zero attached hydrogens (tertiary/aromatic N) is 2. The highest BCUT2D eigenvalue weighted by molar-refractivity contribution is 7.99. The molecule has 1 heterocycles. The first-order valence-electron chi connectivity index (χ1n) is 9.88. The molecule has 0 fully saturated rings. The number of rotatable bonds is 6. The monoisotopic (exact) mass is 483 g/mol. The SMILES string of the molecule is CC(NC(=O)CSc1nc2ccccc2c(=O)n1-c1ccc(Cl)cc1Cl)c1ccccc1. The van der Waals surface area contributed by atoms with Crippen molar-refractivity contribution in [3.05, 3.63) is 98.8 Å². The van der Waals surface area contributed by atoms with Gasteiger partial charge in [0.15, 0.2) is 5.16 Å². The Morgan fingerprint density at radius 1 is 1.06 bits per heavy atom. The average Bonchev–Trinajstić information content (AvgIpc) is 2.79. The molecule has 0 saturated heterocycles.